The van der Waals surface area contributed by atoms with Gasteiger partial charge in [0.2, 0.25) is 5.76 Å². The topological polar surface area (TPSA) is 77.4 Å². The molecular weight excluding hydrogens is 334 g/mol. The van der Waals surface area contributed by atoms with Crippen LogP contribution >= 0.6 is 0 Å². The molecular formula is C20H21NO5. The van der Waals surface area contributed by atoms with Crippen molar-refractivity contribution in [2.24, 2.45) is 5.16 Å². The summed E-state index contributed by atoms with van der Waals surface area (Å²) in [7, 11) is 1.21. The molecule has 0 aliphatic carbocycles. The third kappa shape index (κ3) is 5.11. The summed E-state index contributed by atoms with van der Waals surface area (Å²) in [6.07, 6.45) is 0.573. The molecule has 0 radical (unpaired) electrons. The summed E-state index contributed by atoms with van der Waals surface area (Å²) < 4.78 is 9.92. The number of carbonyl (C=O) groups is 1. The van der Waals surface area contributed by atoms with Crippen LogP contribution in [0.4, 0.5) is 0 Å². The van der Waals surface area contributed by atoms with Crippen LogP contribution in [0, 0.1) is 6.92 Å². The maximum Gasteiger partial charge on any atom is 0.377 e. The Hall–Kier alpha value is -3.28. The van der Waals surface area contributed by atoms with Crippen LogP contribution in [0.2, 0.25) is 0 Å². The highest BCUT2D eigenvalue weighted by molar-refractivity contribution is 5.98. The molecule has 0 heterocycles. The first-order valence-corrected chi connectivity index (χ1v) is 7.97. The standard InChI is InChI=1S/C20H21NO5/c1-14-11-17(9-10-18(14)26-19(12-22)20(23)24-3)15(2)21-25-13-16-7-5-4-6-8-16/h4-12,22H,13H2,1-3H3/b19-12+,21-15+. The molecule has 0 aromatic heterocycles. The zero-order valence-electron chi connectivity index (χ0n) is 14.9. The summed E-state index contributed by atoms with van der Waals surface area (Å²) >= 11 is 0. The largest absolute Gasteiger partial charge is 0.511 e. The lowest BCUT2D eigenvalue weighted by atomic mass is 10.1. The van der Waals surface area contributed by atoms with Crippen molar-refractivity contribution in [3.05, 3.63) is 77.2 Å². The first kappa shape index (κ1) is 19.1. The van der Waals surface area contributed by atoms with Gasteiger partial charge in [-0.05, 0) is 48.7 Å². The molecule has 2 rings (SSSR count). The van der Waals surface area contributed by atoms with Gasteiger partial charge in [-0.1, -0.05) is 35.5 Å². The van der Waals surface area contributed by atoms with Crippen LogP contribution in [-0.2, 0) is 21.0 Å². The lowest BCUT2D eigenvalue weighted by molar-refractivity contribution is -0.138. The number of hydrogen-bond donors (Lipinski definition) is 1. The van der Waals surface area contributed by atoms with Gasteiger partial charge < -0.3 is 19.4 Å². The van der Waals surface area contributed by atoms with Gasteiger partial charge in [-0.25, -0.2) is 4.79 Å². The number of esters is 1. The maximum absolute atomic E-state index is 11.5. The predicted molar refractivity (Wildman–Crippen MR) is 98.0 cm³/mol. The first-order valence-electron chi connectivity index (χ1n) is 7.97. The van der Waals surface area contributed by atoms with Crippen LogP contribution in [0.3, 0.4) is 0 Å². The van der Waals surface area contributed by atoms with Gasteiger partial charge in [-0.15, -0.1) is 0 Å². The van der Waals surface area contributed by atoms with E-state index in [0.29, 0.717) is 24.3 Å². The van der Waals surface area contributed by atoms with Crippen LogP contribution in [0.5, 0.6) is 5.75 Å². The van der Waals surface area contributed by atoms with Crippen LogP contribution in [0.1, 0.15) is 23.6 Å². The lowest BCUT2D eigenvalue weighted by Crippen LogP contribution is -2.11. The Kier molecular flexibility index (Phi) is 6.79. The molecule has 6 nitrogen and oxygen atoms in total. The van der Waals surface area contributed by atoms with Crippen molar-refractivity contribution >= 4 is 11.7 Å². The average Bonchev–Trinajstić information content (AvgIpc) is 2.67. The summed E-state index contributed by atoms with van der Waals surface area (Å²) in [5.74, 6) is -0.625. The predicted octanol–water partition coefficient (Wildman–Crippen LogP) is 3.89. The highest BCUT2D eigenvalue weighted by Gasteiger charge is 2.14. The molecule has 0 unspecified atom stereocenters. The van der Waals surface area contributed by atoms with E-state index in [9.17, 15) is 4.79 Å². The second-order valence-corrected chi connectivity index (χ2v) is 5.50. The van der Waals surface area contributed by atoms with Gasteiger partial charge in [-0.2, -0.15) is 0 Å². The normalized spacial score (nSPS) is 11.8. The van der Waals surface area contributed by atoms with Gasteiger partial charge in [0, 0.05) is 0 Å². The highest BCUT2D eigenvalue weighted by atomic mass is 16.6. The molecule has 0 atom stereocenters. The van der Waals surface area contributed by atoms with E-state index < -0.39 is 5.97 Å². The molecule has 136 valence electrons. The monoisotopic (exact) mass is 355 g/mol. The third-order valence-corrected chi connectivity index (χ3v) is 3.59. The first-order chi connectivity index (χ1) is 12.5. The van der Waals surface area contributed by atoms with Crippen molar-refractivity contribution < 1.29 is 24.2 Å². The van der Waals surface area contributed by atoms with Crippen molar-refractivity contribution in [3.63, 3.8) is 0 Å². The molecule has 0 saturated heterocycles. The van der Waals surface area contributed by atoms with Crippen molar-refractivity contribution in [1.29, 1.82) is 0 Å². The molecule has 26 heavy (non-hydrogen) atoms. The fourth-order valence-electron chi connectivity index (χ4n) is 2.16. The summed E-state index contributed by atoms with van der Waals surface area (Å²) in [5.41, 5.74) is 3.37. The van der Waals surface area contributed by atoms with E-state index in [-0.39, 0.29) is 5.76 Å². The van der Waals surface area contributed by atoms with Gasteiger partial charge in [0.25, 0.3) is 0 Å². The number of aryl methyl sites for hydroxylation is 1. The number of benzene rings is 2. The van der Waals surface area contributed by atoms with E-state index in [4.69, 9.17) is 14.7 Å². The molecule has 0 spiro atoms. The lowest BCUT2D eigenvalue weighted by Gasteiger charge is -2.11. The minimum absolute atomic E-state index is 0.292. The molecule has 0 fully saturated rings. The van der Waals surface area contributed by atoms with E-state index in [1.807, 2.05) is 50.2 Å². The Bertz CT molecular complexity index is 812. The summed E-state index contributed by atoms with van der Waals surface area (Å²) in [5, 5.41) is 13.2. The zero-order chi connectivity index (χ0) is 18.9. The summed E-state index contributed by atoms with van der Waals surface area (Å²) in [6, 6.07) is 15.1. The summed E-state index contributed by atoms with van der Waals surface area (Å²) in [4.78, 5) is 16.8. The van der Waals surface area contributed by atoms with E-state index in [1.54, 1.807) is 12.1 Å². The van der Waals surface area contributed by atoms with Crippen LogP contribution in [0.15, 0.2) is 65.7 Å². The van der Waals surface area contributed by atoms with Gasteiger partial charge in [-0.3, -0.25) is 0 Å². The van der Waals surface area contributed by atoms with Crippen LogP contribution < -0.4 is 4.74 Å². The number of nitrogens with zero attached hydrogens (tertiary/aromatic N) is 1. The van der Waals surface area contributed by atoms with Gasteiger partial charge in [0.05, 0.1) is 12.8 Å². The number of rotatable bonds is 7. The number of carbonyl (C=O) groups excluding carboxylic acids is 1. The Morgan fingerprint density at radius 3 is 2.54 bits per heavy atom. The Balaban J connectivity index is 2.05. The van der Waals surface area contributed by atoms with E-state index >= 15 is 0 Å². The zero-order valence-corrected chi connectivity index (χ0v) is 14.9. The van der Waals surface area contributed by atoms with Crippen molar-refractivity contribution in [2.75, 3.05) is 7.11 Å². The SMILES string of the molecule is COC(=O)/C(=C\O)Oc1ccc(/C(C)=N/OCc2ccccc2)cc1C. The Morgan fingerprint density at radius 2 is 1.92 bits per heavy atom. The quantitative estimate of drug-likeness (QED) is 0.268. The van der Waals surface area contributed by atoms with Gasteiger partial charge >= 0.3 is 5.97 Å². The molecule has 2 aromatic rings. The molecule has 0 aliphatic heterocycles. The fraction of sp³-hybridized carbons (Fsp3) is 0.200. The molecule has 0 aliphatic rings. The summed E-state index contributed by atoms with van der Waals surface area (Å²) in [6.45, 7) is 4.05. The molecule has 0 amide bonds. The van der Waals surface area contributed by atoms with Crippen LogP contribution in [-0.4, -0.2) is 23.9 Å². The number of hydrogen-bond acceptors (Lipinski definition) is 6. The number of aliphatic hydroxyl groups is 1. The highest BCUT2D eigenvalue weighted by Crippen LogP contribution is 2.22. The number of aliphatic hydroxyl groups excluding tert-OH is 1. The molecule has 1 N–H and O–H groups in total. The average molecular weight is 355 g/mol. The van der Waals surface area contributed by atoms with Gasteiger partial charge in [0.1, 0.15) is 18.6 Å². The van der Waals surface area contributed by atoms with Crippen LogP contribution in [0.25, 0.3) is 0 Å². The second-order valence-electron chi connectivity index (χ2n) is 5.50. The van der Waals surface area contributed by atoms with E-state index in [0.717, 1.165) is 16.7 Å². The van der Waals surface area contributed by atoms with Crippen molar-refractivity contribution in [2.45, 2.75) is 20.5 Å². The van der Waals surface area contributed by atoms with Gasteiger partial charge in [0.15, 0.2) is 0 Å². The molecule has 2 aromatic carbocycles. The van der Waals surface area contributed by atoms with E-state index in [2.05, 4.69) is 9.89 Å². The number of oxime groups is 1. The van der Waals surface area contributed by atoms with E-state index in [1.165, 1.54) is 7.11 Å². The Morgan fingerprint density at radius 1 is 1.19 bits per heavy atom. The smallest absolute Gasteiger partial charge is 0.377 e. The molecule has 6 heteroatoms. The minimum Gasteiger partial charge on any atom is -0.511 e. The minimum atomic E-state index is -0.761. The number of ether oxygens (including phenoxy) is 2. The second kappa shape index (κ2) is 9.27. The number of methoxy groups -OCH3 is 1. The van der Waals surface area contributed by atoms with Crippen molar-refractivity contribution in [3.8, 4) is 5.75 Å². The maximum atomic E-state index is 11.5. The van der Waals surface area contributed by atoms with Crippen molar-refractivity contribution in [1.82, 2.24) is 0 Å². The third-order valence-electron chi connectivity index (χ3n) is 3.59. The Labute approximate surface area is 152 Å². The molecule has 0 bridgehead atoms. The molecule has 0 saturated carbocycles. The fourth-order valence-corrected chi connectivity index (χ4v) is 2.16.